The van der Waals surface area contributed by atoms with Crippen molar-refractivity contribution in [2.45, 2.75) is 16.7 Å². The molecule has 0 fully saturated rings. The number of hydrogen-bond donors (Lipinski definition) is 2. The molecule has 8 heteroatoms. The van der Waals surface area contributed by atoms with E-state index in [2.05, 4.69) is 0 Å². The van der Waals surface area contributed by atoms with Crippen molar-refractivity contribution in [2.24, 2.45) is 0 Å². The van der Waals surface area contributed by atoms with Gasteiger partial charge in [0.2, 0.25) is 0 Å². The molecule has 0 aromatic heterocycles. The number of hydrogen-bond acceptors (Lipinski definition) is 3. The minimum Gasteiger partial charge on any atom is -0.302 e. The van der Waals surface area contributed by atoms with Crippen LogP contribution >= 0.6 is 0 Å². The zero-order valence-corrected chi connectivity index (χ0v) is 13.5. The van der Waals surface area contributed by atoms with Crippen LogP contribution in [0.1, 0.15) is 5.56 Å². The summed E-state index contributed by atoms with van der Waals surface area (Å²) in [5.41, 5.74) is 0.229. The second kappa shape index (κ2) is 5.57. The van der Waals surface area contributed by atoms with Gasteiger partial charge in [0, 0.05) is 31.1 Å². The SMILES string of the molecule is Cc1cc(S(=O)O)ccc1S(=O)(=O)O.[U]. The first-order valence-electron chi connectivity index (χ1n) is 3.51. The summed E-state index contributed by atoms with van der Waals surface area (Å²) in [6.07, 6.45) is 0. The van der Waals surface area contributed by atoms with Gasteiger partial charge in [-0.3, -0.25) is 4.55 Å². The fourth-order valence-electron chi connectivity index (χ4n) is 1.02. The second-order valence-electron chi connectivity index (χ2n) is 2.65. The Morgan fingerprint density at radius 2 is 1.87 bits per heavy atom. The van der Waals surface area contributed by atoms with Crippen LogP contribution in [-0.4, -0.2) is 21.7 Å². The first-order valence-corrected chi connectivity index (χ1v) is 6.06. The van der Waals surface area contributed by atoms with Crippen molar-refractivity contribution < 1.29 is 52.8 Å². The maximum Gasteiger partial charge on any atom is 0.294 e. The molecule has 1 unspecified atom stereocenters. The molecule has 1 atom stereocenters. The van der Waals surface area contributed by atoms with Crippen molar-refractivity contribution in [3.8, 4) is 0 Å². The van der Waals surface area contributed by atoms with Crippen molar-refractivity contribution in [1.29, 1.82) is 0 Å². The molecule has 2 N–H and O–H groups in total. The number of aryl methyl sites for hydroxylation is 1. The van der Waals surface area contributed by atoms with Crippen molar-refractivity contribution in [3.05, 3.63) is 23.8 Å². The summed E-state index contributed by atoms with van der Waals surface area (Å²) in [7, 11) is -4.26. The molecule has 82 valence electrons. The molecular weight excluding hydrogens is 466 g/mol. The molecule has 0 saturated carbocycles. The Bertz CT molecular complexity index is 482. The Morgan fingerprint density at radius 3 is 2.20 bits per heavy atom. The first kappa shape index (κ1) is 15.3. The minimum atomic E-state index is -4.26. The summed E-state index contributed by atoms with van der Waals surface area (Å²) in [6, 6.07) is 3.50. The second-order valence-corrected chi connectivity index (χ2v) is 5.01. The van der Waals surface area contributed by atoms with Gasteiger partial charge in [0.05, 0.1) is 9.79 Å². The summed E-state index contributed by atoms with van der Waals surface area (Å²) in [6.45, 7) is 1.43. The predicted molar refractivity (Wildman–Crippen MR) is 50.0 cm³/mol. The van der Waals surface area contributed by atoms with Gasteiger partial charge in [-0.1, -0.05) is 0 Å². The molecule has 0 spiro atoms. The predicted octanol–water partition coefficient (Wildman–Crippen LogP) is 0.822. The van der Waals surface area contributed by atoms with E-state index in [1.807, 2.05) is 0 Å². The molecule has 0 aliphatic carbocycles. The van der Waals surface area contributed by atoms with Crippen LogP contribution in [0.3, 0.4) is 0 Å². The van der Waals surface area contributed by atoms with E-state index in [1.54, 1.807) is 0 Å². The van der Waals surface area contributed by atoms with Crippen LogP contribution < -0.4 is 0 Å². The van der Waals surface area contributed by atoms with Crippen LogP contribution in [0.25, 0.3) is 0 Å². The Kier molecular flexibility index (Phi) is 5.68. The summed E-state index contributed by atoms with van der Waals surface area (Å²) in [5, 5.41) is 0. The zero-order valence-electron chi connectivity index (χ0n) is 7.67. The monoisotopic (exact) mass is 474 g/mol. The number of rotatable bonds is 2. The van der Waals surface area contributed by atoms with E-state index in [9.17, 15) is 12.6 Å². The molecular formula is C7H8O5S2U. The van der Waals surface area contributed by atoms with Crippen molar-refractivity contribution >= 4 is 21.2 Å². The fourth-order valence-corrected chi connectivity index (χ4v) is 2.19. The van der Waals surface area contributed by atoms with E-state index < -0.39 is 21.2 Å². The number of benzene rings is 1. The zero-order chi connectivity index (χ0) is 10.9. The first-order chi connectivity index (χ1) is 6.32. The average Bonchev–Trinajstić information content (AvgIpc) is 2.01. The van der Waals surface area contributed by atoms with Gasteiger partial charge in [-0.05, 0) is 30.7 Å². The third-order valence-electron chi connectivity index (χ3n) is 1.63. The Hall–Kier alpha value is 0.292. The Morgan fingerprint density at radius 1 is 1.33 bits per heavy atom. The van der Waals surface area contributed by atoms with Crippen LogP contribution in [0.2, 0.25) is 0 Å². The smallest absolute Gasteiger partial charge is 0.294 e. The molecule has 0 bridgehead atoms. The summed E-state index contributed by atoms with van der Waals surface area (Å²) < 4.78 is 49.6. The van der Waals surface area contributed by atoms with E-state index in [0.29, 0.717) is 0 Å². The van der Waals surface area contributed by atoms with Gasteiger partial charge < -0.3 is 4.55 Å². The summed E-state index contributed by atoms with van der Waals surface area (Å²) >= 11 is -2.15. The third-order valence-corrected chi connectivity index (χ3v) is 3.30. The standard InChI is InChI=1S/C7H8O5S2.U/c1-5-4-6(13(8)9)2-3-7(5)14(10,11)12;/h2-4H,1H3,(H,8,9)(H,10,11,12);. The molecule has 0 aliphatic heterocycles. The molecule has 0 heterocycles. The molecule has 0 aliphatic rings. The van der Waals surface area contributed by atoms with Crippen LogP contribution in [0.5, 0.6) is 0 Å². The maximum absolute atomic E-state index is 10.8. The fraction of sp³-hybridized carbons (Fsp3) is 0.143. The van der Waals surface area contributed by atoms with Crippen LogP contribution in [0, 0.1) is 38.0 Å². The molecule has 0 radical (unpaired) electrons. The molecule has 0 saturated heterocycles. The van der Waals surface area contributed by atoms with Gasteiger partial charge in [-0.2, -0.15) is 8.42 Å². The van der Waals surface area contributed by atoms with Gasteiger partial charge in [0.1, 0.15) is 0 Å². The van der Waals surface area contributed by atoms with Gasteiger partial charge in [0.15, 0.2) is 11.1 Å². The summed E-state index contributed by atoms with van der Waals surface area (Å²) in [5.74, 6) is 0. The molecule has 0 amide bonds. The molecule has 1 aromatic rings. The van der Waals surface area contributed by atoms with E-state index in [0.717, 1.165) is 6.07 Å². The normalized spacial score (nSPS) is 13.0. The maximum atomic E-state index is 10.8. The van der Waals surface area contributed by atoms with Crippen molar-refractivity contribution in [1.82, 2.24) is 0 Å². The largest absolute Gasteiger partial charge is 0.302 e. The van der Waals surface area contributed by atoms with Gasteiger partial charge in [-0.25, -0.2) is 4.21 Å². The third kappa shape index (κ3) is 3.98. The topological polar surface area (TPSA) is 91.7 Å². The van der Waals surface area contributed by atoms with Crippen LogP contribution in [0.15, 0.2) is 28.0 Å². The van der Waals surface area contributed by atoms with Crippen molar-refractivity contribution in [2.75, 3.05) is 0 Å². The quantitative estimate of drug-likeness (QED) is 0.490. The average molecular weight is 474 g/mol. The Balaban J connectivity index is 0.00000196. The molecule has 15 heavy (non-hydrogen) atoms. The molecule has 1 rings (SSSR count). The Labute approximate surface area is 114 Å². The van der Waals surface area contributed by atoms with Gasteiger partial charge in [0.25, 0.3) is 10.1 Å². The van der Waals surface area contributed by atoms with E-state index in [4.69, 9.17) is 9.11 Å². The van der Waals surface area contributed by atoms with Crippen molar-refractivity contribution in [3.63, 3.8) is 0 Å². The van der Waals surface area contributed by atoms with E-state index in [1.165, 1.54) is 19.1 Å². The van der Waals surface area contributed by atoms with Crippen LogP contribution in [0.4, 0.5) is 0 Å². The molecule has 5 nitrogen and oxygen atoms in total. The van der Waals surface area contributed by atoms with E-state index in [-0.39, 0.29) is 46.5 Å². The molecule has 1 aromatic carbocycles. The van der Waals surface area contributed by atoms with Gasteiger partial charge in [-0.15, -0.1) is 0 Å². The van der Waals surface area contributed by atoms with Crippen LogP contribution in [-0.2, 0) is 21.2 Å². The minimum absolute atomic E-state index is 0. The van der Waals surface area contributed by atoms with Gasteiger partial charge >= 0.3 is 0 Å². The summed E-state index contributed by atoms with van der Waals surface area (Å²) in [4.78, 5) is -0.165. The van der Waals surface area contributed by atoms with E-state index >= 15 is 0 Å².